The normalized spacial score (nSPS) is 22.0. The molecule has 2 nitrogen and oxygen atoms in total. The molecular formula is C18H29FN2. The number of nitrogens with one attached hydrogen (secondary N) is 1. The van der Waals surface area contributed by atoms with E-state index in [0.29, 0.717) is 6.04 Å². The Balaban J connectivity index is 1.96. The lowest BCUT2D eigenvalue weighted by atomic mass is 10.0. The molecule has 21 heavy (non-hydrogen) atoms. The van der Waals surface area contributed by atoms with Gasteiger partial charge in [0.25, 0.3) is 0 Å². The van der Waals surface area contributed by atoms with Crippen molar-refractivity contribution in [3.05, 3.63) is 35.1 Å². The molecule has 0 spiro atoms. The first-order chi connectivity index (χ1) is 10.1. The zero-order valence-electron chi connectivity index (χ0n) is 13.7. The molecule has 0 aromatic heterocycles. The second-order valence-corrected chi connectivity index (χ2v) is 6.37. The first-order valence-electron chi connectivity index (χ1n) is 8.29. The number of hydrogen-bond donors (Lipinski definition) is 1. The number of rotatable bonds is 5. The Bertz CT molecular complexity index is 447. The van der Waals surface area contributed by atoms with Gasteiger partial charge in [-0.05, 0) is 63.9 Å². The summed E-state index contributed by atoms with van der Waals surface area (Å²) >= 11 is 0. The summed E-state index contributed by atoms with van der Waals surface area (Å²) in [6.07, 6.45) is 6.37. The maximum atomic E-state index is 13.7. The predicted molar refractivity (Wildman–Crippen MR) is 87.1 cm³/mol. The fourth-order valence-corrected chi connectivity index (χ4v) is 3.27. The number of nitrogens with zero attached hydrogens (tertiary/aromatic N) is 1. The molecule has 2 unspecified atom stereocenters. The van der Waals surface area contributed by atoms with E-state index in [1.165, 1.54) is 32.2 Å². The van der Waals surface area contributed by atoms with Crippen LogP contribution < -0.4 is 5.32 Å². The molecule has 0 radical (unpaired) electrons. The molecule has 2 atom stereocenters. The number of aryl methyl sites for hydroxylation is 1. The summed E-state index contributed by atoms with van der Waals surface area (Å²) in [6.45, 7) is 6.44. The number of hydrogen-bond acceptors (Lipinski definition) is 2. The molecular weight excluding hydrogens is 263 g/mol. The molecule has 1 N–H and O–H groups in total. The van der Waals surface area contributed by atoms with Crippen molar-refractivity contribution in [1.82, 2.24) is 10.2 Å². The Morgan fingerprint density at radius 3 is 2.86 bits per heavy atom. The molecule has 2 rings (SSSR count). The molecule has 0 aliphatic carbocycles. The van der Waals surface area contributed by atoms with Crippen molar-refractivity contribution in [2.75, 3.05) is 20.1 Å². The van der Waals surface area contributed by atoms with E-state index in [-0.39, 0.29) is 11.9 Å². The quantitative estimate of drug-likeness (QED) is 0.881. The molecule has 1 aliphatic rings. The maximum Gasteiger partial charge on any atom is 0.126 e. The molecule has 1 aromatic rings. The summed E-state index contributed by atoms with van der Waals surface area (Å²) in [5, 5.41) is 3.34. The summed E-state index contributed by atoms with van der Waals surface area (Å²) in [7, 11) is 1.97. The van der Waals surface area contributed by atoms with Crippen molar-refractivity contribution in [2.45, 2.75) is 58.0 Å². The van der Waals surface area contributed by atoms with Crippen molar-refractivity contribution in [1.29, 1.82) is 0 Å². The lowest BCUT2D eigenvalue weighted by Crippen LogP contribution is -2.35. The minimum absolute atomic E-state index is 0.101. The molecule has 1 aromatic carbocycles. The van der Waals surface area contributed by atoms with Crippen molar-refractivity contribution < 1.29 is 4.39 Å². The standard InChI is InChI=1S/C18H29FN2/c1-14-8-9-16(13-17(14)19)18(20-3)10-12-21-11-6-4-5-7-15(21)2/h8-9,13,15,18,20H,4-7,10-12H2,1-3H3. The van der Waals surface area contributed by atoms with Gasteiger partial charge < -0.3 is 10.2 Å². The van der Waals surface area contributed by atoms with Crippen LogP contribution in [-0.2, 0) is 0 Å². The third-order valence-corrected chi connectivity index (χ3v) is 4.84. The monoisotopic (exact) mass is 292 g/mol. The number of halogens is 1. The van der Waals surface area contributed by atoms with Crippen molar-refractivity contribution in [3.8, 4) is 0 Å². The summed E-state index contributed by atoms with van der Waals surface area (Å²) < 4.78 is 13.7. The van der Waals surface area contributed by atoms with Gasteiger partial charge in [0.15, 0.2) is 0 Å². The summed E-state index contributed by atoms with van der Waals surface area (Å²) in [4.78, 5) is 2.60. The first kappa shape index (κ1) is 16.4. The van der Waals surface area contributed by atoms with Crippen LogP contribution in [0.2, 0.25) is 0 Å². The Morgan fingerprint density at radius 2 is 2.14 bits per heavy atom. The molecule has 1 aliphatic heterocycles. The van der Waals surface area contributed by atoms with Crippen LogP contribution in [0.4, 0.5) is 4.39 Å². The average Bonchev–Trinajstić information content (AvgIpc) is 2.68. The van der Waals surface area contributed by atoms with Gasteiger partial charge in [-0.3, -0.25) is 0 Å². The second kappa shape index (κ2) is 7.90. The fourth-order valence-electron chi connectivity index (χ4n) is 3.27. The summed E-state index contributed by atoms with van der Waals surface area (Å²) in [5.74, 6) is -0.101. The second-order valence-electron chi connectivity index (χ2n) is 6.37. The van der Waals surface area contributed by atoms with Gasteiger partial charge in [-0.25, -0.2) is 4.39 Å². The van der Waals surface area contributed by atoms with E-state index in [1.54, 1.807) is 6.07 Å². The van der Waals surface area contributed by atoms with E-state index in [0.717, 1.165) is 24.1 Å². The highest BCUT2D eigenvalue weighted by Gasteiger charge is 2.18. The molecule has 3 heteroatoms. The van der Waals surface area contributed by atoms with E-state index >= 15 is 0 Å². The zero-order valence-corrected chi connectivity index (χ0v) is 13.7. The third kappa shape index (κ3) is 4.52. The predicted octanol–water partition coefficient (Wildman–Crippen LogP) is 4.05. The van der Waals surface area contributed by atoms with Gasteiger partial charge >= 0.3 is 0 Å². The lowest BCUT2D eigenvalue weighted by Gasteiger charge is -2.29. The lowest BCUT2D eigenvalue weighted by molar-refractivity contribution is 0.203. The van der Waals surface area contributed by atoms with E-state index in [2.05, 4.69) is 17.1 Å². The van der Waals surface area contributed by atoms with Crippen LogP contribution in [0.15, 0.2) is 18.2 Å². The van der Waals surface area contributed by atoms with Crippen LogP contribution in [0.3, 0.4) is 0 Å². The fraction of sp³-hybridized carbons (Fsp3) is 0.667. The molecule has 1 fully saturated rings. The highest BCUT2D eigenvalue weighted by molar-refractivity contribution is 5.25. The Morgan fingerprint density at radius 1 is 1.33 bits per heavy atom. The Labute approximate surface area is 128 Å². The van der Waals surface area contributed by atoms with Gasteiger partial charge in [0.05, 0.1) is 0 Å². The molecule has 1 saturated heterocycles. The third-order valence-electron chi connectivity index (χ3n) is 4.84. The zero-order chi connectivity index (χ0) is 15.2. The topological polar surface area (TPSA) is 15.3 Å². The molecule has 0 saturated carbocycles. The highest BCUT2D eigenvalue weighted by Crippen LogP contribution is 2.22. The van der Waals surface area contributed by atoms with Crippen LogP contribution in [0.25, 0.3) is 0 Å². The smallest absolute Gasteiger partial charge is 0.126 e. The Hall–Kier alpha value is -0.930. The van der Waals surface area contributed by atoms with E-state index in [1.807, 2.05) is 26.1 Å². The van der Waals surface area contributed by atoms with Gasteiger partial charge in [-0.2, -0.15) is 0 Å². The van der Waals surface area contributed by atoms with Crippen LogP contribution in [0.1, 0.15) is 56.2 Å². The maximum absolute atomic E-state index is 13.7. The van der Waals surface area contributed by atoms with Gasteiger partial charge in [-0.1, -0.05) is 25.0 Å². The minimum atomic E-state index is -0.101. The van der Waals surface area contributed by atoms with Crippen molar-refractivity contribution in [3.63, 3.8) is 0 Å². The summed E-state index contributed by atoms with van der Waals surface area (Å²) in [6, 6.07) is 6.52. The Kier molecular flexibility index (Phi) is 6.19. The van der Waals surface area contributed by atoms with Crippen LogP contribution in [0.5, 0.6) is 0 Å². The van der Waals surface area contributed by atoms with Gasteiger partial charge in [0, 0.05) is 18.6 Å². The molecule has 1 heterocycles. The van der Waals surface area contributed by atoms with Gasteiger partial charge in [0.2, 0.25) is 0 Å². The van der Waals surface area contributed by atoms with Gasteiger partial charge in [-0.15, -0.1) is 0 Å². The molecule has 118 valence electrons. The molecule has 0 amide bonds. The largest absolute Gasteiger partial charge is 0.313 e. The van der Waals surface area contributed by atoms with Crippen LogP contribution in [0, 0.1) is 12.7 Å². The number of likely N-dealkylation sites (tertiary alicyclic amines) is 1. The molecule has 0 bridgehead atoms. The first-order valence-corrected chi connectivity index (χ1v) is 8.29. The van der Waals surface area contributed by atoms with Gasteiger partial charge in [0.1, 0.15) is 5.82 Å². The SMILES string of the molecule is CNC(CCN1CCCCCC1C)c1ccc(C)c(F)c1. The van der Waals surface area contributed by atoms with Crippen LogP contribution >= 0.6 is 0 Å². The average molecular weight is 292 g/mol. The van der Waals surface area contributed by atoms with E-state index < -0.39 is 0 Å². The van der Waals surface area contributed by atoms with E-state index in [9.17, 15) is 4.39 Å². The van der Waals surface area contributed by atoms with Crippen molar-refractivity contribution in [2.24, 2.45) is 0 Å². The summed E-state index contributed by atoms with van der Waals surface area (Å²) in [5.41, 5.74) is 1.78. The van der Waals surface area contributed by atoms with Crippen LogP contribution in [-0.4, -0.2) is 31.1 Å². The highest BCUT2D eigenvalue weighted by atomic mass is 19.1. The van der Waals surface area contributed by atoms with Crippen molar-refractivity contribution >= 4 is 0 Å². The minimum Gasteiger partial charge on any atom is -0.313 e. The number of benzene rings is 1. The van der Waals surface area contributed by atoms with E-state index in [4.69, 9.17) is 0 Å².